The fraction of sp³-hybridized carbons (Fsp3) is 0.808. The Morgan fingerprint density at radius 2 is 1.75 bits per heavy atom. The van der Waals surface area contributed by atoms with Crippen molar-refractivity contribution in [3.8, 4) is 0 Å². The van der Waals surface area contributed by atoms with Gasteiger partial charge in [0.15, 0.2) is 6.29 Å². The number of aliphatic hydroxyl groups excluding tert-OH is 2. The average molecular weight is 571 g/mol. The Bertz CT molecular complexity index is 927. The van der Waals surface area contributed by atoms with Gasteiger partial charge in [-0.15, -0.1) is 5.10 Å². The first kappa shape index (κ1) is 33.6. The van der Waals surface area contributed by atoms with Crippen molar-refractivity contribution in [3.05, 3.63) is 11.9 Å². The minimum Gasteiger partial charge on any atom is -0.388 e. The Kier molecular flexibility index (Phi) is 14.5. The number of nitrogens with zero attached hydrogens (tertiary/aromatic N) is 3. The van der Waals surface area contributed by atoms with Crippen molar-refractivity contribution in [1.29, 1.82) is 0 Å². The molecular weight excluding hydrogens is 524 g/mol. The molecular formula is C26H46N6O8. The number of amides is 3. The van der Waals surface area contributed by atoms with Crippen molar-refractivity contribution in [3.63, 3.8) is 0 Å². The number of rotatable bonds is 17. The van der Waals surface area contributed by atoms with E-state index in [1.54, 1.807) is 10.9 Å². The molecule has 1 fully saturated rings. The van der Waals surface area contributed by atoms with Crippen LogP contribution in [0.15, 0.2) is 6.20 Å². The summed E-state index contributed by atoms with van der Waals surface area (Å²) in [6, 6.07) is -0.935. The summed E-state index contributed by atoms with van der Waals surface area (Å²) in [6.45, 7) is 10.0. The molecule has 1 saturated heterocycles. The molecule has 1 aliphatic heterocycles. The maximum absolute atomic E-state index is 11.9. The predicted octanol–water partition coefficient (Wildman–Crippen LogP) is -0.0651. The second-order valence-corrected chi connectivity index (χ2v) is 10.5. The van der Waals surface area contributed by atoms with Crippen molar-refractivity contribution in [2.75, 3.05) is 19.9 Å². The first-order chi connectivity index (χ1) is 19.0. The molecule has 40 heavy (non-hydrogen) atoms. The Morgan fingerprint density at radius 3 is 2.40 bits per heavy atom. The predicted molar refractivity (Wildman–Crippen MR) is 144 cm³/mol. The highest BCUT2D eigenvalue weighted by atomic mass is 16.7. The summed E-state index contributed by atoms with van der Waals surface area (Å²) < 4.78 is 18.6. The molecule has 0 aromatic carbocycles. The van der Waals surface area contributed by atoms with Gasteiger partial charge in [0.2, 0.25) is 17.7 Å². The number of unbranched alkanes of at least 4 members (excludes halogenated alkanes) is 3. The zero-order valence-corrected chi connectivity index (χ0v) is 24.2. The van der Waals surface area contributed by atoms with Crippen LogP contribution in [0.5, 0.6) is 0 Å². The van der Waals surface area contributed by atoms with Crippen LogP contribution in [0.2, 0.25) is 0 Å². The Morgan fingerprint density at radius 1 is 1.05 bits per heavy atom. The van der Waals surface area contributed by atoms with Gasteiger partial charge in [-0.3, -0.25) is 14.4 Å². The lowest BCUT2D eigenvalue weighted by atomic mass is 9.96. The van der Waals surface area contributed by atoms with Crippen LogP contribution in [-0.4, -0.2) is 99.6 Å². The van der Waals surface area contributed by atoms with E-state index in [1.807, 2.05) is 27.7 Å². The molecule has 1 aliphatic rings. The van der Waals surface area contributed by atoms with Crippen LogP contribution in [0, 0.1) is 0 Å². The van der Waals surface area contributed by atoms with Crippen molar-refractivity contribution < 1.29 is 38.8 Å². The van der Waals surface area contributed by atoms with E-state index in [0.717, 1.165) is 25.0 Å². The smallest absolute Gasteiger partial charge is 0.231 e. The summed E-state index contributed by atoms with van der Waals surface area (Å²) in [6.07, 6.45) is 0.230. The lowest BCUT2D eigenvalue weighted by Gasteiger charge is -2.42. The van der Waals surface area contributed by atoms with Crippen LogP contribution >= 0.6 is 0 Å². The van der Waals surface area contributed by atoms with E-state index >= 15 is 0 Å². The van der Waals surface area contributed by atoms with Crippen molar-refractivity contribution in [2.24, 2.45) is 0 Å². The zero-order chi connectivity index (χ0) is 29.7. The fourth-order valence-electron chi connectivity index (χ4n) is 4.03. The molecule has 1 aromatic rings. The molecule has 3 amide bonds. The Balaban J connectivity index is 1.72. The minimum atomic E-state index is -1.30. The molecule has 0 aliphatic carbocycles. The molecule has 2 heterocycles. The molecule has 0 radical (unpaired) electrons. The second-order valence-electron chi connectivity index (χ2n) is 10.5. The number of aromatic nitrogens is 3. The van der Waals surface area contributed by atoms with E-state index in [-0.39, 0.29) is 49.4 Å². The van der Waals surface area contributed by atoms with Gasteiger partial charge in [-0.25, -0.2) is 4.68 Å². The van der Waals surface area contributed by atoms with Gasteiger partial charge in [-0.05, 0) is 32.6 Å². The molecule has 0 spiro atoms. The van der Waals surface area contributed by atoms with Gasteiger partial charge < -0.3 is 40.4 Å². The van der Waals surface area contributed by atoms with E-state index in [2.05, 4.69) is 26.3 Å². The number of aliphatic hydroxyl groups is 2. The van der Waals surface area contributed by atoms with Crippen molar-refractivity contribution in [2.45, 2.75) is 116 Å². The summed E-state index contributed by atoms with van der Waals surface area (Å²) in [7, 11) is 0. The van der Waals surface area contributed by atoms with Crippen LogP contribution < -0.4 is 16.0 Å². The molecule has 5 atom stereocenters. The average Bonchev–Trinajstić information content (AvgIpc) is 3.34. The molecule has 5 N–H and O–H groups in total. The van der Waals surface area contributed by atoms with E-state index < -0.39 is 30.6 Å². The number of nitrogens with one attached hydrogen (secondary N) is 3. The van der Waals surface area contributed by atoms with E-state index in [9.17, 15) is 24.6 Å². The maximum Gasteiger partial charge on any atom is 0.231 e. The van der Waals surface area contributed by atoms with Crippen LogP contribution in [-0.2, 0) is 35.1 Å². The number of hydrogen-bond donors (Lipinski definition) is 5. The quantitative estimate of drug-likeness (QED) is 0.0965. The molecule has 228 valence electrons. The van der Waals surface area contributed by atoms with E-state index in [4.69, 9.17) is 14.2 Å². The molecule has 2 rings (SSSR count). The van der Waals surface area contributed by atoms with Crippen LogP contribution in [0.1, 0.15) is 78.3 Å². The van der Waals surface area contributed by atoms with Crippen LogP contribution in [0.3, 0.4) is 0 Å². The van der Waals surface area contributed by atoms with Crippen LogP contribution in [0.25, 0.3) is 0 Å². The third kappa shape index (κ3) is 11.8. The number of hydrogen-bond acceptors (Lipinski definition) is 10. The summed E-state index contributed by atoms with van der Waals surface area (Å²) in [4.78, 5) is 35.3. The van der Waals surface area contributed by atoms with Crippen molar-refractivity contribution >= 4 is 17.7 Å². The first-order valence-corrected chi connectivity index (χ1v) is 13.9. The Hall–Kier alpha value is -2.65. The molecule has 1 aromatic heterocycles. The van der Waals surface area contributed by atoms with Gasteiger partial charge >= 0.3 is 0 Å². The van der Waals surface area contributed by atoms with Gasteiger partial charge in [-0.1, -0.05) is 31.9 Å². The second kappa shape index (κ2) is 17.2. The highest BCUT2D eigenvalue weighted by Crippen LogP contribution is 2.24. The summed E-state index contributed by atoms with van der Waals surface area (Å²) in [5.74, 6) is -0.924. The van der Waals surface area contributed by atoms with Gasteiger partial charge in [0.1, 0.15) is 37.5 Å². The van der Waals surface area contributed by atoms with Gasteiger partial charge in [0, 0.05) is 26.3 Å². The lowest BCUT2D eigenvalue weighted by Crippen LogP contribution is -2.64. The minimum absolute atomic E-state index is 0.00609. The third-order valence-corrected chi connectivity index (χ3v) is 6.27. The highest BCUT2D eigenvalue weighted by molar-refractivity contribution is 5.96. The molecule has 5 unspecified atom stereocenters. The summed E-state index contributed by atoms with van der Waals surface area (Å²) in [5, 5.41) is 37.4. The number of ether oxygens (including phenoxy) is 3. The van der Waals surface area contributed by atoms with Gasteiger partial charge in [0.25, 0.3) is 0 Å². The van der Waals surface area contributed by atoms with Crippen LogP contribution in [0.4, 0.5) is 0 Å². The highest BCUT2D eigenvalue weighted by Gasteiger charge is 2.45. The third-order valence-electron chi connectivity index (χ3n) is 6.27. The standard InChI is InChI=1S/C26H46N6O8/c1-16(2)19-13-32(31-30-19)14-20-24(36)25(37)23(29-18(5)33)26(40-20)38-11-9-7-6-8-10-27-21(34)12-22(35)28-15-39-17(3)4/h13,16-17,20,23-26,36-37H,6-12,14-15H2,1-5H3,(H,27,34)(H,28,35)(H,29,33). The van der Waals surface area contributed by atoms with Gasteiger partial charge in [-0.2, -0.15) is 0 Å². The monoisotopic (exact) mass is 570 g/mol. The zero-order valence-electron chi connectivity index (χ0n) is 24.2. The maximum atomic E-state index is 11.9. The van der Waals surface area contributed by atoms with Gasteiger partial charge in [0.05, 0.1) is 18.3 Å². The number of carbonyl (C=O) groups is 3. The topological polar surface area (TPSA) is 186 Å². The van der Waals surface area contributed by atoms with Crippen molar-refractivity contribution in [1.82, 2.24) is 30.9 Å². The van der Waals surface area contributed by atoms with E-state index in [1.165, 1.54) is 6.92 Å². The lowest BCUT2D eigenvalue weighted by molar-refractivity contribution is -0.267. The number of carbonyl (C=O) groups excluding carboxylic acids is 3. The molecule has 14 nitrogen and oxygen atoms in total. The molecule has 0 saturated carbocycles. The molecule has 0 bridgehead atoms. The Labute approximate surface area is 235 Å². The first-order valence-electron chi connectivity index (χ1n) is 13.9. The SMILES string of the molecule is CC(=O)NC1C(OCCCCCCNC(=O)CC(=O)NCOC(C)C)OC(Cn2cc(C(C)C)nn2)C(O)C1O. The van der Waals surface area contributed by atoms with E-state index in [0.29, 0.717) is 19.6 Å². The summed E-state index contributed by atoms with van der Waals surface area (Å²) in [5.41, 5.74) is 0.798. The summed E-state index contributed by atoms with van der Waals surface area (Å²) >= 11 is 0. The fourth-order valence-corrected chi connectivity index (χ4v) is 4.03. The largest absolute Gasteiger partial charge is 0.388 e. The normalized spacial score (nSPS) is 22.9. The molecule has 14 heteroatoms.